The highest BCUT2D eigenvalue weighted by molar-refractivity contribution is 7.99. The third kappa shape index (κ3) is 2.21. The van der Waals surface area contributed by atoms with E-state index in [9.17, 15) is 18.0 Å². The quantitative estimate of drug-likeness (QED) is 0.896. The third-order valence-corrected chi connectivity index (χ3v) is 4.35. The van der Waals surface area contributed by atoms with Crippen molar-refractivity contribution < 1.29 is 23.1 Å². The lowest BCUT2D eigenvalue weighted by atomic mass is 9.86. The fourth-order valence-electron chi connectivity index (χ4n) is 2.13. The molecule has 1 heterocycles. The van der Waals surface area contributed by atoms with Gasteiger partial charge >= 0.3 is 12.1 Å². The van der Waals surface area contributed by atoms with Gasteiger partial charge in [0, 0.05) is 16.6 Å². The lowest BCUT2D eigenvalue weighted by molar-refractivity contribution is -0.143. The first-order chi connectivity index (χ1) is 8.32. The Kier molecular flexibility index (Phi) is 3.31. The number of benzene rings is 1. The summed E-state index contributed by atoms with van der Waals surface area (Å²) in [7, 11) is 0. The van der Waals surface area contributed by atoms with Gasteiger partial charge in [-0.1, -0.05) is 13.0 Å². The summed E-state index contributed by atoms with van der Waals surface area (Å²) in [4.78, 5) is 11.5. The van der Waals surface area contributed by atoms with E-state index in [2.05, 4.69) is 0 Å². The Labute approximate surface area is 106 Å². The van der Waals surface area contributed by atoms with Crippen LogP contribution in [0.4, 0.5) is 13.2 Å². The maximum atomic E-state index is 12.9. The highest BCUT2D eigenvalue weighted by Gasteiger charge is 2.41. The molecule has 2 unspecified atom stereocenters. The van der Waals surface area contributed by atoms with Gasteiger partial charge in [-0.3, -0.25) is 4.79 Å². The zero-order chi connectivity index (χ0) is 13.5. The molecule has 98 valence electrons. The molecule has 0 radical (unpaired) electrons. The summed E-state index contributed by atoms with van der Waals surface area (Å²) in [5.74, 6) is -2.08. The van der Waals surface area contributed by atoms with Gasteiger partial charge in [0.15, 0.2) is 0 Å². The summed E-state index contributed by atoms with van der Waals surface area (Å²) in [5, 5.41) is 8.97. The number of aliphatic carboxylic acids is 1. The number of alkyl halides is 3. The Morgan fingerprint density at radius 2 is 2.17 bits per heavy atom. The largest absolute Gasteiger partial charge is 0.481 e. The van der Waals surface area contributed by atoms with Crippen molar-refractivity contribution >= 4 is 17.7 Å². The molecule has 1 aliphatic rings. The third-order valence-electron chi connectivity index (χ3n) is 3.15. The van der Waals surface area contributed by atoms with Crippen LogP contribution < -0.4 is 0 Å². The molecule has 0 saturated carbocycles. The molecular weight excluding hydrogens is 265 g/mol. The average Bonchev–Trinajstić information content (AvgIpc) is 2.69. The molecule has 6 heteroatoms. The maximum absolute atomic E-state index is 12.9. The number of halogens is 3. The molecule has 0 amide bonds. The van der Waals surface area contributed by atoms with E-state index >= 15 is 0 Å². The summed E-state index contributed by atoms with van der Waals surface area (Å²) in [6.07, 6.45) is -4.44. The Morgan fingerprint density at radius 3 is 2.72 bits per heavy atom. The van der Waals surface area contributed by atoms with Crippen molar-refractivity contribution in [2.75, 3.05) is 5.75 Å². The molecule has 2 nitrogen and oxygen atoms in total. The molecule has 2 rings (SSSR count). The number of carbonyl (C=O) groups is 1. The Bertz CT molecular complexity index is 485. The number of carboxylic acids is 1. The minimum Gasteiger partial charge on any atom is -0.481 e. The van der Waals surface area contributed by atoms with E-state index < -0.39 is 29.5 Å². The lowest BCUT2D eigenvalue weighted by Gasteiger charge is -2.19. The van der Waals surface area contributed by atoms with E-state index in [0.717, 1.165) is 6.07 Å². The predicted molar refractivity (Wildman–Crippen MR) is 61.7 cm³/mol. The van der Waals surface area contributed by atoms with Crippen LogP contribution in [0.3, 0.4) is 0 Å². The Morgan fingerprint density at radius 1 is 1.50 bits per heavy atom. The van der Waals surface area contributed by atoms with Gasteiger partial charge < -0.3 is 5.11 Å². The van der Waals surface area contributed by atoms with Crippen LogP contribution in [0.25, 0.3) is 0 Å². The second-order valence-electron chi connectivity index (χ2n) is 4.26. The molecule has 0 saturated heterocycles. The van der Waals surface area contributed by atoms with E-state index in [1.165, 1.54) is 24.8 Å². The molecule has 0 bridgehead atoms. The van der Waals surface area contributed by atoms with Crippen molar-refractivity contribution in [1.82, 2.24) is 0 Å². The van der Waals surface area contributed by atoms with Crippen molar-refractivity contribution in [3.05, 3.63) is 29.3 Å². The smallest absolute Gasteiger partial charge is 0.416 e. The normalized spacial score (nSPS) is 20.6. The van der Waals surface area contributed by atoms with Crippen molar-refractivity contribution in [3.8, 4) is 0 Å². The molecule has 0 fully saturated rings. The average molecular weight is 276 g/mol. The van der Waals surface area contributed by atoms with Gasteiger partial charge in [-0.2, -0.15) is 13.2 Å². The molecule has 0 spiro atoms. The van der Waals surface area contributed by atoms with Crippen LogP contribution in [-0.4, -0.2) is 16.8 Å². The molecule has 1 N–H and O–H groups in total. The van der Waals surface area contributed by atoms with Crippen LogP contribution in [0, 0.1) is 5.92 Å². The fourth-order valence-corrected chi connectivity index (χ4v) is 3.53. The number of hydrogen-bond acceptors (Lipinski definition) is 2. The molecule has 1 aliphatic heterocycles. The summed E-state index contributed by atoms with van der Waals surface area (Å²) >= 11 is 1.29. The standard InChI is InChI=1S/C12H11F3O2S/c1-6(11(16)17)7-5-18-9-4-2-3-8(10(7)9)12(13,14)15/h2-4,6-7H,5H2,1H3,(H,16,17). The van der Waals surface area contributed by atoms with Gasteiger partial charge in [0.1, 0.15) is 0 Å². The van der Waals surface area contributed by atoms with Crippen LogP contribution in [-0.2, 0) is 11.0 Å². The molecule has 18 heavy (non-hydrogen) atoms. The van der Waals surface area contributed by atoms with E-state index in [-0.39, 0.29) is 5.56 Å². The number of hydrogen-bond donors (Lipinski definition) is 1. The van der Waals surface area contributed by atoms with Gasteiger partial charge in [0.25, 0.3) is 0 Å². The van der Waals surface area contributed by atoms with E-state index in [0.29, 0.717) is 10.6 Å². The van der Waals surface area contributed by atoms with Gasteiger partial charge in [-0.25, -0.2) is 0 Å². The first kappa shape index (κ1) is 13.3. The first-order valence-corrected chi connectivity index (χ1v) is 6.36. The van der Waals surface area contributed by atoms with Crippen molar-refractivity contribution in [2.24, 2.45) is 5.92 Å². The number of rotatable bonds is 2. The highest BCUT2D eigenvalue weighted by Crippen LogP contribution is 2.48. The fraction of sp³-hybridized carbons (Fsp3) is 0.417. The Hall–Kier alpha value is -1.17. The highest BCUT2D eigenvalue weighted by atomic mass is 32.2. The number of fused-ring (bicyclic) bond motifs is 1. The second-order valence-corrected chi connectivity index (χ2v) is 5.32. The van der Waals surface area contributed by atoms with Crippen molar-refractivity contribution in [2.45, 2.75) is 23.9 Å². The van der Waals surface area contributed by atoms with Crippen molar-refractivity contribution in [1.29, 1.82) is 0 Å². The van der Waals surface area contributed by atoms with Crippen LogP contribution in [0.15, 0.2) is 23.1 Å². The summed E-state index contributed by atoms with van der Waals surface area (Å²) < 4.78 is 38.8. The SMILES string of the molecule is CC(C(=O)O)C1CSc2cccc(C(F)(F)F)c21. The van der Waals surface area contributed by atoms with E-state index in [4.69, 9.17) is 5.11 Å². The van der Waals surface area contributed by atoms with E-state index in [1.807, 2.05) is 0 Å². The molecule has 1 aromatic rings. The molecule has 0 aliphatic carbocycles. The van der Waals surface area contributed by atoms with Crippen LogP contribution >= 0.6 is 11.8 Å². The molecular formula is C12H11F3O2S. The number of thioether (sulfide) groups is 1. The van der Waals surface area contributed by atoms with Crippen molar-refractivity contribution in [3.63, 3.8) is 0 Å². The Balaban J connectivity index is 2.51. The van der Waals surface area contributed by atoms with Crippen LogP contribution in [0.1, 0.15) is 24.0 Å². The van der Waals surface area contributed by atoms with Crippen LogP contribution in [0.5, 0.6) is 0 Å². The van der Waals surface area contributed by atoms with Gasteiger partial charge in [-0.05, 0) is 17.7 Å². The lowest BCUT2D eigenvalue weighted by Crippen LogP contribution is -2.21. The first-order valence-electron chi connectivity index (χ1n) is 5.38. The minimum atomic E-state index is -4.44. The van der Waals surface area contributed by atoms with E-state index in [1.54, 1.807) is 6.07 Å². The zero-order valence-corrected chi connectivity index (χ0v) is 10.3. The molecule has 2 atom stereocenters. The van der Waals surface area contributed by atoms with Gasteiger partial charge in [-0.15, -0.1) is 11.8 Å². The summed E-state index contributed by atoms with van der Waals surface area (Å²) in [6, 6.07) is 4.00. The maximum Gasteiger partial charge on any atom is 0.416 e. The van der Waals surface area contributed by atoms with Gasteiger partial charge in [0.2, 0.25) is 0 Å². The molecule has 1 aromatic carbocycles. The van der Waals surface area contributed by atoms with Gasteiger partial charge in [0.05, 0.1) is 11.5 Å². The topological polar surface area (TPSA) is 37.3 Å². The monoisotopic (exact) mass is 276 g/mol. The predicted octanol–water partition coefficient (Wildman–Crippen LogP) is 3.62. The summed E-state index contributed by atoms with van der Waals surface area (Å²) in [5.41, 5.74) is -0.562. The van der Waals surface area contributed by atoms with Crippen LogP contribution in [0.2, 0.25) is 0 Å². The second kappa shape index (κ2) is 4.50. The number of carboxylic acid groups (broad SMARTS) is 1. The zero-order valence-electron chi connectivity index (χ0n) is 9.49. The minimum absolute atomic E-state index is 0.143. The molecule has 0 aromatic heterocycles. The summed E-state index contributed by atoms with van der Waals surface area (Å²) in [6.45, 7) is 1.45.